The quantitative estimate of drug-likeness (QED) is 0.737. The Morgan fingerprint density at radius 1 is 1.41 bits per heavy atom. The number of nitrogens with two attached hydrogens (primary N) is 1. The van der Waals surface area contributed by atoms with E-state index in [4.69, 9.17) is 5.73 Å². The van der Waals surface area contributed by atoms with Gasteiger partial charge in [0.05, 0.1) is 5.69 Å². The van der Waals surface area contributed by atoms with E-state index < -0.39 is 0 Å². The van der Waals surface area contributed by atoms with Crippen molar-refractivity contribution >= 4 is 44.3 Å². The van der Waals surface area contributed by atoms with Crippen LogP contribution in [0.5, 0.6) is 0 Å². The number of rotatable bonds is 2. The molecule has 1 heterocycles. The molecule has 0 bridgehead atoms. The third-order valence-corrected chi connectivity index (χ3v) is 4.04. The highest BCUT2D eigenvalue weighted by Gasteiger charge is 2.17. The van der Waals surface area contributed by atoms with Gasteiger partial charge in [-0.15, -0.1) is 0 Å². The van der Waals surface area contributed by atoms with Crippen LogP contribution in [-0.2, 0) is 0 Å². The highest BCUT2D eigenvalue weighted by atomic mass is 127. The summed E-state index contributed by atoms with van der Waals surface area (Å²) in [6.45, 7) is 4.24. The smallest absolute Gasteiger partial charge is 0.149 e. The Hall–Kier alpha value is -0.560. The molecule has 0 spiro atoms. The van der Waals surface area contributed by atoms with E-state index in [-0.39, 0.29) is 0 Å². The number of benzene rings is 1. The van der Waals surface area contributed by atoms with E-state index in [1.54, 1.807) is 0 Å². The Kier molecular flexibility index (Phi) is 3.77. The highest BCUT2D eigenvalue weighted by molar-refractivity contribution is 14.1. The number of nitrogens with one attached hydrogen (secondary N) is 1. The molecule has 1 aromatic carbocycles. The van der Waals surface area contributed by atoms with Gasteiger partial charge in [0.15, 0.2) is 0 Å². The van der Waals surface area contributed by atoms with E-state index in [0.717, 1.165) is 21.3 Å². The standard InChI is InChI=1S/C12H13BrIN3/c1-6(2)10-11(16-17-12(10)15)8-5-7(13)3-4-9(8)14/h3-6H,1-2H3,(H3,15,16,17). The predicted octanol–water partition coefficient (Wildman–Crippen LogP) is 4.15. The molecule has 2 aromatic rings. The fourth-order valence-electron chi connectivity index (χ4n) is 1.84. The maximum absolute atomic E-state index is 5.91. The lowest BCUT2D eigenvalue weighted by Gasteiger charge is -2.09. The summed E-state index contributed by atoms with van der Waals surface area (Å²) in [4.78, 5) is 0. The normalized spacial score (nSPS) is 11.1. The summed E-state index contributed by atoms with van der Waals surface area (Å²) in [6, 6.07) is 6.18. The van der Waals surface area contributed by atoms with Gasteiger partial charge in [0, 0.05) is 19.2 Å². The second kappa shape index (κ2) is 4.97. The van der Waals surface area contributed by atoms with Crippen LogP contribution in [0.2, 0.25) is 0 Å². The first kappa shape index (κ1) is 12.9. The van der Waals surface area contributed by atoms with Gasteiger partial charge in [-0.3, -0.25) is 5.10 Å². The van der Waals surface area contributed by atoms with Crippen LogP contribution in [0.1, 0.15) is 25.3 Å². The number of anilines is 1. The minimum Gasteiger partial charge on any atom is -0.382 e. The number of nitrogen functional groups attached to an aromatic ring is 1. The maximum Gasteiger partial charge on any atom is 0.149 e. The van der Waals surface area contributed by atoms with E-state index in [9.17, 15) is 0 Å². The summed E-state index contributed by atoms with van der Waals surface area (Å²) in [5.41, 5.74) is 9.14. The van der Waals surface area contributed by atoms with E-state index in [0.29, 0.717) is 11.7 Å². The molecule has 0 saturated heterocycles. The first-order chi connectivity index (χ1) is 8.00. The van der Waals surface area contributed by atoms with Crippen molar-refractivity contribution in [2.24, 2.45) is 0 Å². The van der Waals surface area contributed by atoms with Gasteiger partial charge in [-0.2, -0.15) is 5.10 Å². The average Bonchev–Trinajstić information content (AvgIpc) is 2.64. The average molecular weight is 406 g/mol. The number of nitrogens with zero attached hydrogens (tertiary/aromatic N) is 1. The van der Waals surface area contributed by atoms with Crippen LogP contribution < -0.4 is 5.73 Å². The third-order valence-electron chi connectivity index (χ3n) is 2.61. The molecule has 90 valence electrons. The summed E-state index contributed by atoms with van der Waals surface area (Å²) in [5.74, 6) is 0.935. The number of aromatic nitrogens is 2. The zero-order valence-electron chi connectivity index (χ0n) is 9.59. The van der Waals surface area contributed by atoms with Crippen molar-refractivity contribution in [3.8, 4) is 11.3 Å². The molecule has 0 radical (unpaired) electrons. The fraction of sp³-hybridized carbons (Fsp3) is 0.250. The minimum atomic E-state index is 0.346. The second-order valence-electron chi connectivity index (χ2n) is 4.18. The molecule has 2 rings (SSSR count). The molecular weight excluding hydrogens is 393 g/mol. The molecule has 1 aromatic heterocycles. The lowest BCUT2D eigenvalue weighted by Crippen LogP contribution is -1.96. The monoisotopic (exact) mass is 405 g/mol. The first-order valence-electron chi connectivity index (χ1n) is 5.30. The molecule has 3 nitrogen and oxygen atoms in total. The minimum absolute atomic E-state index is 0.346. The van der Waals surface area contributed by atoms with Crippen LogP contribution in [-0.4, -0.2) is 10.2 Å². The van der Waals surface area contributed by atoms with Crippen LogP contribution in [0.3, 0.4) is 0 Å². The maximum atomic E-state index is 5.91. The largest absolute Gasteiger partial charge is 0.382 e. The van der Waals surface area contributed by atoms with Gasteiger partial charge >= 0.3 is 0 Å². The zero-order valence-corrected chi connectivity index (χ0v) is 13.3. The van der Waals surface area contributed by atoms with E-state index in [1.807, 2.05) is 6.07 Å². The number of hydrogen-bond acceptors (Lipinski definition) is 2. The van der Waals surface area contributed by atoms with Gasteiger partial charge in [-0.1, -0.05) is 29.8 Å². The molecule has 5 heteroatoms. The number of aromatic amines is 1. The molecule has 0 saturated carbocycles. The molecule has 0 aliphatic heterocycles. The van der Waals surface area contributed by atoms with Crippen molar-refractivity contribution < 1.29 is 0 Å². The van der Waals surface area contributed by atoms with Gasteiger partial charge in [0.2, 0.25) is 0 Å². The Morgan fingerprint density at radius 3 is 2.76 bits per heavy atom. The number of halogens is 2. The molecule has 3 N–H and O–H groups in total. The van der Waals surface area contributed by atoms with Crippen molar-refractivity contribution in [2.75, 3.05) is 5.73 Å². The van der Waals surface area contributed by atoms with Crippen molar-refractivity contribution in [1.29, 1.82) is 0 Å². The van der Waals surface area contributed by atoms with Crippen LogP contribution >= 0.6 is 38.5 Å². The number of H-pyrrole nitrogens is 1. The van der Waals surface area contributed by atoms with Crippen molar-refractivity contribution in [1.82, 2.24) is 10.2 Å². The first-order valence-corrected chi connectivity index (χ1v) is 7.17. The Bertz CT molecular complexity index is 549. The van der Waals surface area contributed by atoms with Gasteiger partial charge in [0.25, 0.3) is 0 Å². The SMILES string of the molecule is CC(C)c1c(N)n[nH]c1-c1cc(Br)ccc1I. The van der Waals surface area contributed by atoms with Crippen LogP contribution in [0.4, 0.5) is 5.82 Å². The molecule has 0 amide bonds. The second-order valence-corrected chi connectivity index (χ2v) is 6.25. The summed E-state index contributed by atoms with van der Waals surface area (Å²) >= 11 is 5.81. The lowest BCUT2D eigenvalue weighted by molar-refractivity contribution is 0.873. The summed E-state index contributed by atoms with van der Waals surface area (Å²) in [6.07, 6.45) is 0. The summed E-state index contributed by atoms with van der Waals surface area (Å²) in [7, 11) is 0. The van der Waals surface area contributed by atoms with Crippen LogP contribution in [0.15, 0.2) is 22.7 Å². The van der Waals surface area contributed by atoms with Gasteiger partial charge in [-0.25, -0.2) is 0 Å². The van der Waals surface area contributed by atoms with Crippen LogP contribution in [0, 0.1) is 3.57 Å². The molecule has 0 fully saturated rings. The van der Waals surface area contributed by atoms with E-state index in [2.05, 4.69) is 74.7 Å². The Labute approximate surface area is 122 Å². The summed E-state index contributed by atoms with van der Waals surface area (Å²) < 4.78 is 2.23. The molecule has 0 aliphatic carbocycles. The number of hydrogen-bond donors (Lipinski definition) is 2. The van der Waals surface area contributed by atoms with Crippen molar-refractivity contribution in [3.63, 3.8) is 0 Å². The highest BCUT2D eigenvalue weighted by Crippen LogP contribution is 2.35. The van der Waals surface area contributed by atoms with Gasteiger partial charge < -0.3 is 5.73 Å². The topological polar surface area (TPSA) is 54.7 Å². The molecule has 0 unspecified atom stereocenters. The lowest BCUT2D eigenvalue weighted by atomic mass is 9.99. The predicted molar refractivity (Wildman–Crippen MR) is 82.9 cm³/mol. The Balaban J connectivity index is 2.64. The molecule has 0 aliphatic rings. The zero-order chi connectivity index (χ0) is 12.6. The fourth-order valence-corrected chi connectivity index (χ4v) is 2.81. The van der Waals surface area contributed by atoms with Gasteiger partial charge in [-0.05, 0) is 46.7 Å². The van der Waals surface area contributed by atoms with E-state index >= 15 is 0 Å². The van der Waals surface area contributed by atoms with Crippen LogP contribution in [0.25, 0.3) is 11.3 Å². The van der Waals surface area contributed by atoms with Crippen molar-refractivity contribution in [3.05, 3.63) is 31.8 Å². The van der Waals surface area contributed by atoms with E-state index in [1.165, 1.54) is 3.57 Å². The summed E-state index contributed by atoms with van der Waals surface area (Å²) in [5, 5.41) is 7.16. The molecular formula is C12H13BrIN3. The molecule has 17 heavy (non-hydrogen) atoms. The Morgan fingerprint density at radius 2 is 2.12 bits per heavy atom. The third kappa shape index (κ3) is 2.49. The van der Waals surface area contributed by atoms with Crippen molar-refractivity contribution in [2.45, 2.75) is 19.8 Å². The van der Waals surface area contributed by atoms with Gasteiger partial charge in [0.1, 0.15) is 5.82 Å². The molecule has 0 atom stereocenters.